The van der Waals surface area contributed by atoms with Crippen LogP contribution in [0.1, 0.15) is 50.3 Å². The number of rotatable bonds is 2. The Morgan fingerprint density at radius 3 is 2.72 bits per heavy atom. The highest BCUT2D eigenvalue weighted by Gasteiger charge is 2.35. The first kappa shape index (κ1) is 11.7. The molecule has 3 rings (SSSR count). The minimum Gasteiger partial charge on any atom is -0.334 e. The number of carbonyl (C=O) groups excluding carboxylic acids is 1. The SMILES string of the molecule is O=C(C1CCCC1)N1CCC[C@@H]1c1ccccn1. The van der Waals surface area contributed by atoms with Crippen LogP contribution >= 0.6 is 0 Å². The van der Waals surface area contributed by atoms with Gasteiger partial charge in [0, 0.05) is 18.7 Å². The third kappa shape index (κ3) is 2.14. The molecule has 1 aromatic heterocycles. The molecule has 96 valence electrons. The van der Waals surface area contributed by atoms with E-state index >= 15 is 0 Å². The van der Waals surface area contributed by atoms with Crippen molar-refractivity contribution >= 4 is 5.91 Å². The van der Waals surface area contributed by atoms with E-state index in [-0.39, 0.29) is 12.0 Å². The van der Waals surface area contributed by atoms with Crippen molar-refractivity contribution < 1.29 is 4.79 Å². The molecular weight excluding hydrogens is 224 g/mol. The third-order valence-corrected chi connectivity index (χ3v) is 4.27. The summed E-state index contributed by atoms with van der Waals surface area (Å²) in [7, 11) is 0. The summed E-state index contributed by atoms with van der Waals surface area (Å²) < 4.78 is 0. The Balaban J connectivity index is 1.77. The smallest absolute Gasteiger partial charge is 0.226 e. The van der Waals surface area contributed by atoms with Gasteiger partial charge in [0.1, 0.15) is 0 Å². The van der Waals surface area contributed by atoms with E-state index in [1.807, 2.05) is 24.4 Å². The molecule has 1 aromatic rings. The van der Waals surface area contributed by atoms with Crippen molar-refractivity contribution in [1.29, 1.82) is 0 Å². The number of aromatic nitrogens is 1. The van der Waals surface area contributed by atoms with E-state index in [1.165, 1.54) is 12.8 Å². The first-order valence-electron chi connectivity index (χ1n) is 7.07. The van der Waals surface area contributed by atoms with Crippen LogP contribution in [-0.4, -0.2) is 22.3 Å². The normalized spacial score (nSPS) is 24.7. The molecule has 2 heterocycles. The van der Waals surface area contributed by atoms with Crippen molar-refractivity contribution in [2.75, 3.05) is 6.54 Å². The molecular formula is C15H20N2O. The molecule has 0 radical (unpaired) electrons. The molecule has 1 saturated heterocycles. The van der Waals surface area contributed by atoms with Gasteiger partial charge in [0.15, 0.2) is 0 Å². The topological polar surface area (TPSA) is 33.2 Å². The fraction of sp³-hybridized carbons (Fsp3) is 0.600. The highest BCUT2D eigenvalue weighted by atomic mass is 16.2. The Bertz CT molecular complexity index is 412. The van der Waals surface area contributed by atoms with E-state index in [1.54, 1.807) is 0 Å². The van der Waals surface area contributed by atoms with E-state index in [4.69, 9.17) is 0 Å². The van der Waals surface area contributed by atoms with Gasteiger partial charge in [0.05, 0.1) is 11.7 Å². The Kier molecular flexibility index (Phi) is 3.31. The van der Waals surface area contributed by atoms with Crippen molar-refractivity contribution in [3.8, 4) is 0 Å². The van der Waals surface area contributed by atoms with Crippen molar-refractivity contribution in [2.45, 2.75) is 44.6 Å². The highest BCUT2D eigenvalue weighted by molar-refractivity contribution is 5.79. The van der Waals surface area contributed by atoms with Crippen molar-refractivity contribution in [3.63, 3.8) is 0 Å². The Hall–Kier alpha value is -1.38. The predicted octanol–water partition coefficient (Wildman–Crippen LogP) is 2.94. The summed E-state index contributed by atoms with van der Waals surface area (Å²) in [6.07, 6.45) is 8.62. The lowest BCUT2D eigenvalue weighted by Gasteiger charge is -2.27. The summed E-state index contributed by atoms with van der Waals surface area (Å²) in [5, 5.41) is 0. The maximum Gasteiger partial charge on any atom is 0.226 e. The predicted molar refractivity (Wildman–Crippen MR) is 69.9 cm³/mol. The van der Waals surface area contributed by atoms with Crippen molar-refractivity contribution in [2.24, 2.45) is 5.92 Å². The number of carbonyl (C=O) groups is 1. The van der Waals surface area contributed by atoms with Gasteiger partial charge >= 0.3 is 0 Å². The second kappa shape index (κ2) is 5.09. The molecule has 1 atom stereocenters. The lowest BCUT2D eigenvalue weighted by molar-refractivity contribution is -0.136. The van der Waals surface area contributed by atoms with Crippen molar-refractivity contribution in [1.82, 2.24) is 9.88 Å². The average Bonchev–Trinajstić information content (AvgIpc) is 3.10. The van der Waals surface area contributed by atoms with Crippen LogP contribution in [0.25, 0.3) is 0 Å². The number of hydrogen-bond acceptors (Lipinski definition) is 2. The summed E-state index contributed by atoms with van der Waals surface area (Å²) in [4.78, 5) is 19.0. The average molecular weight is 244 g/mol. The number of likely N-dealkylation sites (tertiary alicyclic amines) is 1. The van der Waals surface area contributed by atoms with Crippen LogP contribution in [-0.2, 0) is 4.79 Å². The first-order valence-corrected chi connectivity index (χ1v) is 7.07. The largest absolute Gasteiger partial charge is 0.334 e. The fourth-order valence-electron chi connectivity index (χ4n) is 3.32. The molecule has 2 fully saturated rings. The molecule has 1 saturated carbocycles. The second-order valence-electron chi connectivity index (χ2n) is 5.43. The van der Waals surface area contributed by atoms with Gasteiger partial charge in [-0.25, -0.2) is 0 Å². The Labute approximate surface area is 108 Å². The number of hydrogen-bond donors (Lipinski definition) is 0. The molecule has 0 spiro atoms. The maximum absolute atomic E-state index is 12.5. The van der Waals surface area contributed by atoms with E-state index in [0.717, 1.165) is 37.9 Å². The molecule has 0 aromatic carbocycles. The van der Waals surface area contributed by atoms with Crippen molar-refractivity contribution in [3.05, 3.63) is 30.1 Å². The van der Waals surface area contributed by atoms with Crippen LogP contribution < -0.4 is 0 Å². The molecule has 2 aliphatic rings. The Morgan fingerprint density at radius 1 is 1.17 bits per heavy atom. The fourth-order valence-corrected chi connectivity index (χ4v) is 3.32. The first-order chi connectivity index (χ1) is 8.86. The molecule has 0 unspecified atom stereocenters. The van der Waals surface area contributed by atoms with E-state index in [9.17, 15) is 4.79 Å². The van der Waals surface area contributed by atoms with Gasteiger partial charge in [-0.2, -0.15) is 0 Å². The summed E-state index contributed by atoms with van der Waals surface area (Å²) >= 11 is 0. The van der Waals surface area contributed by atoms with Crippen LogP contribution in [0.3, 0.4) is 0 Å². The zero-order valence-corrected chi connectivity index (χ0v) is 10.7. The number of pyridine rings is 1. The van der Waals surface area contributed by atoms with E-state index in [2.05, 4.69) is 9.88 Å². The summed E-state index contributed by atoms with van der Waals surface area (Å²) in [5.41, 5.74) is 1.06. The van der Waals surface area contributed by atoms with Crippen LogP contribution in [0.4, 0.5) is 0 Å². The van der Waals surface area contributed by atoms with Gasteiger partial charge in [-0.15, -0.1) is 0 Å². The van der Waals surface area contributed by atoms with E-state index < -0.39 is 0 Å². The van der Waals surface area contributed by atoms with Gasteiger partial charge < -0.3 is 4.90 Å². The minimum absolute atomic E-state index is 0.222. The van der Waals surface area contributed by atoms with Gasteiger partial charge in [0.2, 0.25) is 5.91 Å². The Morgan fingerprint density at radius 2 is 2.00 bits per heavy atom. The van der Waals surface area contributed by atoms with Gasteiger partial charge in [0.25, 0.3) is 0 Å². The lowest BCUT2D eigenvalue weighted by Crippen LogP contribution is -2.35. The molecule has 3 heteroatoms. The molecule has 1 aliphatic carbocycles. The molecule has 0 bridgehead atoms. The molecule has 1 amide bonds. The van der Waals surface area contributed by atoms with Crippen LogP contribution in [0, 0.1) is 5.92 Å². The lowest BCUT2D eigenvalue weighted by atomic mass is 10.0. The zero-order chi connectivity index (χ0) is 12.4. The standard InChI is InChI=1S/C15H20N2O/c18-15(12-6-1-2-7-12)17-11-5-9-14(17)13-8-3-4-10-16-13/h3-4,8,10,12,14H,1-2,5-7,9,11H2/t14-/m1/s1. The highest BCUT2D eigenvalue weighted by Crippen LogP contribution is 2.35. The van der Waals surface area contributed by atoms with E-state index in [0.29, 0.717) is 5.91 Å². The second-order valence-corrected chi connectivity index (χ2v) is 5.43. The molecule has 0 N–H and O–H groups in total. The zero-order valence-electron chi connectivity index (χ0n) is 10.7. The third-order valence-electron chi connectivity index (χ3n) is 4.27. The maximum atomic E-state index is 12.5. The molecule has 18 heavy (non-hydrogen) atoms. The summed E-state index contributed by atoms with van der Waals surface area (Å²) in [6, 6.07) is 6.21. The molecule has 3 nitrogen and oxygen atoms in total. The van der Waals surface area contributed by atoms with Crippen LogP contribution in [0.15, 0.2) is 24.4 Å². The quantitative estimate of drug-likeness (QED) is 0.801. The summed E-state index contributed by atoms with van der Waals surface area (Å²) in [6.45, 7) is 0.913. The number of amides is 1. The molecule has 1 aliphatic heterocycles. The number of nitrogens with zero attached hydrogens (tertiary/aromatic N) is 2. The minimum atomic E-state index is 0.222. The van der Waals surface area contributed by atoms with Gasteiger partial charge in [-0.05, 0) is 37.8 Å². The van der Waals surface area contributed by atoms with Gasteiger partial charge in [-0.3, -0.25) is 9.78 Å². The van der Waals surface area contributed by atoms with Crippen LogP contribution in [0.2, 0.25) is 0 Å². The van der Waals surface area contributed by atoms with Gasteiger partial charge in [-0.1, -0.05) is 18.9 Å². The van der Waals surface area contributed by atoms with Crippen LogP contribution in [0.5, 0.6) is 0 Å². The summed E-state index contributed by atoms with van der Waals surface area (Å²) in [5.74, 6) is 0.662. The monoisotopic (exact) mass is 244 g/mol.